The SMILES string of the molecule is CN(CCCNC(=O)NCCc1cccs1)C[C@H]1O[C@@H](n2cnc3c(N)ncnc32)[C@H](O)[C@H]1O. The summed E-state index contributed by atoms with van der Waals surface area (Å²) < 4.78 is 7.53. The monoisotopic (exact) mass is 490 g/mol. The highest BCUT2D eigenvalue weighted by molar-refractivity contribution is 7.09. The number of fused-ring (bicyclic) bond motifs is 1. The van der Waals surface area contributed by atoms with Crippen LogP contribution in [0.4, 0.5) is 10.6 Å². The summed E-state index contributed by atoms with van der Waals surface area (Å²) in [7, 11) is 1.90. The number of carbonyl (C=O) groups is 1. The van der Waals surface area contributed by atoms with Crippen LogP contribution in [-0.2, 0) is 11.2 Å². The number of urea groups is 1. The number of hydrogen-bond donors (Lipinski definition) is 5. The van der Waals surface area contributed by atoms with E-state index in [9.17, 15) is 15.0 Å². The molecule has 184 valence electrons. The Morgan fingerprint density at radius 1 is 1.26 bits per heavy atom. The van der Waals surface area contributed by atoms with Crippen LogP contribution in [0.1, 0.15) is 17.5 Å². The van der Waals surface area contributed by atoms with Crippen LogP contribution >= 0.6 is 11.3 Å². The first-order valence-corrected chi connectivity index (χ1v) is 12.0. The molecule has 6 N–H and O–H groups in total. The van der Waals surface area contributed by atoms with Gasteiger partial charge in [-0.15, -0.1) is 11.3 Å². The van der Waals surface area contributed by atoms with Crippen molar-refractivity contribution in [1.82, 2.24) is 35.1 Å². The Kier molecular flexibility index (Phi) is 7.90. The molecular formula is C21H30N8O4S. The van der Waals surface area contributed by atoms with E-state index in [0.717, 1.165) is 12.8 Å². The van der Waals surface area contributed by atoms with Crippen molar-refractivity contribution in [2.75, 3.05) is 39.0 Å². The summed E-state index contributed by atoms with van der Waals surface area (Å²) in [6.07, 6.45) is 0.674. The second-order valence-corrected chi connectivity index (χ2v) is 9.29. The summed E-state index contributed by atoms with van der Waals surface area (Å²) in [4.78, 5) is 27.4. The standard InChI is InChI=1S/C21H30N8O4S/c1-28(8-3-6-23-21(32)24-7-5-13-4-2-9-34-13)10-14-16(30)17(31)20(33-14)29-12-27-15-18(22)25-11-26-19(15)29/h2,4,9,11-12,14,16-17,20,30-31H,3,5-8,10H2,1H3,(H2,22,25,26)(H2,23,24,32)/t14-,16+,17-,20-/m1/s1. The largest absolute Gasteiger partial charge is 0.387 e. The van der Waals surface area contributed by atoms with Crippen LogP contribution in [0.15, 0.2) is 30.2 Å². The molecule has 0 unspecified atom stereocenters. The van der Waals surface area contributed by atoms with Gasteiger partial charge in [0.05, 0.1) is 6.33 Å². The van der Waals surface area contributed by atoms with Gasteiger partial charge in [0.2, 0.25) is 0 Å². The van der Waals surface area contributed by atoms with Gasteiger partial charge in [-0.05, 0) is 37.9 Å². The van der Waals surface area contributed by atoms with Gasteiger partial charge in [0.25, 0.3) is 0 Å². The predicted octanol–water partition coefficient (Wildman–Crippen LogP) is -0.0470. The highest BCUT2D eigenvalue weighted by Gasteiger charge is 2.44. The zero-order valence-electron chi connectivity index (χ0n) is 18.9. The molecule has 13 heteroatoms. The number of rotatable bonds is 10. The number of anilines is 1. The fourth-order valence-electron chi connectivity index (χ4n) is 3.93. The smallest absolute Gasteiger partial charge is 0.314 e. The first-order valence-electron chi connectivity index (χ1n) is 11.1. The minimum absolute atomic E-state index is 0.184. The summed E-state index contributed by atoms with van der Waals surface area (Å²) in [5, 5.41) is 28.8. The molecule has 34 heavy (non-hydrogen) atoms. The predicted molar refractivity (Wildman–Crippen MR) is 127 cm³/mol. The third kappa shape index (κ3) is 5.62. The van der Waals surface area contributed by atoms with E-state index in [1.54, 1.807) is 15.9 Å². The summed E-state index contributed by atoms with van der Waals surface area (Å²) >= 11 is 1.68. The van der Waals surface area contributed by atoms with E-state index in [2.05, 4.69) is 25.6 Å². The number of imidazole rings is 1. The molecule has 1 aliphatic heterocycles. The molecule has 12 nitrogen and oxygen atoms in total. The van der Waals surface area contributed by atoms with Gasteiger partial charge in [-0.3, -0.25) is 4.57 Å². The van der Waals surface area contributed by atoms with E-state index in [1.165, 1.54) is 17.5 Å². The van der Waals surface area contributed by atoms with Gasteiger partial charge in [-0.25, -0.2) is 19.7 Å². The summed E-state index contributed by atoms with van der Waals surface area (Å²) in [5.41, 5.74) is 6.67. The van der Waals surface area contributed by atoms with Crippen molar-refractivity contribution < 1.29 is 19.7 Å². The maximum absolute atomic E-state index is 11.9. The normalized spacial score (nSPS) is 22.5. The van der Waals surface area contributed by atoms with Crippen molar-refractivity contribution in [2.24, 2.45) is 0 Å². The van der Waals surface area contributed by atoms with Crippen LogP contribution in [0.3, 0.4) is 0 Å². The number of nitrogens with zero attached hydrogens (tertiary/aromatic N) is 5. The van der Waals surface area contributed by atoms with Crippen molar-refractivity contribution in [1.29, 1.82) is 0 Å². The molecule has 4 atom stereocenters. The van der Waals surface area contributed by atoms with E-state index in [4.69, 9.17) is 10.5 Å². The molecule has 3 aromatic heterocycles. The van der Waals surface area contributed by atoms with E-state index >= 15 is 0 Å². The number of amides is 2. The maximum Gasteiger partial charge on any atom is 0.314 e. The first kappa shape index (κ1) is 24.3. The van der Waals surface area contributed by atoms with Crippen molar-refractivity contribution in [3.05, 3.63) is 35.0 Å². The van der Waals surface area contributed by atoms with Crippen molar-refractivity contribution in [2.45, 2.75) is 37.4 Å². The highest BCUT2D eigenvalue weighted by Crippen LogP contribution is 2.32. The molecule has 4 heterocycles. The van der Waals surface area contributed by atoms with Gasteiger partial charge in [0, 0.05) is 24.5 Å². The van der Waals surface area contributed by atoms with Gasteiger partial charge >= 0.3 is 6.03 Å². The highest BCUT2D eigenvalue weighted by atomic mass is 32.1. The van der Waals surface area contributed by atoms with Gasteiger partial charge < -0.3 is 36.2 Å². The second kappa shape index (κ2) is 11.1. The van der Waals surface area contributed by atoms with Gasteiger partial charge in [-0.1, -0.05) is 6.07 Å². The molecule has 0 aromatic carbocycles. The number of likely N-dealkylation sites (N-methyl/N-ethyl adjacent to an activating group) is 1. The number of aromatic nitrogens is 4. The molecular weight excluding hydrogens is 460 g/mol. The van der Waals surface area contributed by atoms with Gasteiger partial charge in [0.15, 0.2) is 17.7 Å². The maximum atomic E-state index is 11.9. The van der Waals surface area contributed by atoms with Gasteiger partial charge in [-0.2, -0.15) is 0 Å². The zero-order valence-corrected chi connectivity index (χ0v) is 19.7. The lowest BCUT2D eigenvalue weighted by atomic mass is 10.1. The minimum atomic E-state index is -1.15. The Morgan fingerprint density at radius 2 is 2.09 bits per heavy atom. The number of aliphatic hydroxyl groups excluding tert-OH is 2. The third-order valence-electron chi connectivity index (χ3n) is 5.73. The number of thiophene rings is 1. The number of aliphatic hydroxyl groups is 2. The third-order valence-corrected chi connectivity index (χ3v) is 6.67. The van der Waals surface area contributed by atoms with Crippen molar-refractivity contribution >= 4 is 34.3 Å². The summed E-state index contributed by atoms with van der Waals surface area (Å²) in [6, 6.07) is 3.86. The molecule has 1 aliphatic rings. The van der Waals surface area contributed by atoms with Gasteiger partial charge in [0.1, 0.15) is 30.2 Å². The molecule has 0 saturated carbocycles. The summed E-state index contributed by atoms with van der Waals surface area (Å²) in [5.74, 6) is 0.234. The topological polar surface area (TPSA) is 164 Å². The van der Waals surface area contributed by atoms with Crippen LogP contribution in [-0.4, -0.2) is 92.2 Å². The quantitative estimate of drug-likeness (QED) is 0.245. The zero-order chi connectivity index (χ0) is 24.1. The number of ether oxygens (including phenoxy) is 1. The average molecular weight is 491 g/mol. The Balaban J connectivity index is 1.19. The van der Waals surface area contributed by atoms with Crippen molar-refractivity contribution in [3.63, 3.8) is 0 Å². The number of nitrogen functional groups attached to an aromatic ring is 1. The summed E-state index contributed by atoms with van der Waals surface area (Å²) in [6.45, 7) is 2.21. The number of carbonyl (C=O) groups excluding carboxylic acids is 1. The van der Waals surface area contributed by atoms with Crippen LogP contribution in [0.5, 0.6) is 0 Å². The van der Waals surface area contributed by atoms with E-state index in [0.29, 0.717) is 37.3 Å². The molecule has 0 radical (unpaired) electrons. The Hall–Kier alpha value is -2.84. The molecule has 1 fully saturated rings. The molecule has 2 amide bonds. The molecule has 1 saturated heterocycles. The lowest BCUT2D eigenvalue weighted by Crippen LogP contribution is -2.40. The van der Waals surface area contributed by atoms with Crippen LogP contribution in [0.2, 0.25) is 0 Å². The number of nitrogens with one attached hydrogen (secondary N) is 2. The molecule has 4 rings (SSSR count). The van der Waals surface area contributed by atoms with E-state index in [-0.39, 0.29) is 11.8 Å². The van der Waals surface area contributed by atoms with E-state index in [1.807, 2.05) is 29.5 Å². The Labute approximate surface area is 200 Å². The molecule has 0 aliphatic carbocycles. The van der Waals surface area contributed by atoms with E-state index < -0.39 is 24.5 Å². The van der Waals surface area contributed by atoms with Crippen molar-refractivity contribution in [3.8, 4) is 0 Å². The minimum Gasteiger partial charge on any atom is -0.387 e. The Bertz CT molecular complexity index is 1080. The first-order chi connectivity index (χ1) is 16.4. The fraction of sp³-hybridized carbons (Fsp3) is 0.524. The fourth-order valence-corrected chi connectivity index (χ4v) is 4.64. The second-order valence-electron chi connectivity index (χ2n) is 8.26. The lowest BCUT2D eigenvalue weighted by Gasteiger charge is -2.22. The molecule has 0 spiro atoms. The lowest BCUT2D eigenvalue weighted by molar-refractivity contribution is -0.0421. The van der Waals surface area contributed by atoms with Crippen LogP contribution < -0.4 is 16.4 Å². The average Bonchev–Trinajstić information content (AvgIpc) is 3.54. The number of hydrogen-bond acceptors (Lipinski definition) is 10. The molecule has 0 bridgehead atoms. The van der Waals surface area contributed by atoms with Crippen LogP contribution in [0, 0.1) is 0 Å². The molecule has 3 aromatic rings. The van der Waals surface area contributed by atoms with Crippen LogP contribution in [0.25, 0.3) is 11.2 Å². The number of nitrogens with two attached hydrogens (primary N) is 1. The Morgan fingerprint density at radius 3 is 2.88 bits per heavy atom.